The number of amides is 2. The summed E-state index contributed by atoms with van der Waals surface area (Å²) in [5.41, 5.74) is 2.94. The monoisotopic (exact) mass is 467 g/mol. The molecule has 5 nitrogen and oxygen atoms in total. The highest BCUT2D eigenvalue weighted by atomic mass is 35.5. The Bertz CT molecular complexity index is 964. The van der Waals surface area contributed by atoms with E-state index in [-0.39, 0.29) is 17.2 Å². The lowest BCUT2D eigenvalue weighted by atomic mass is 9.89. The molecule has 0 spiro atoms. The molecule has 0 aromatic heterocycles. The number of hydrogen-bond acceptors (Lipinski definition) is 3. The minimum atomic E-state index is -0.339. The number of likely N-dealkylation sites (tertiary alicyclic amines) is 1. The average Bonchev–Trinajstić information content (AvgIpc) is 3.65. The van der Waals surface area contributed by atoms with Crippen LogP contribution in [0.5, 0.6) is 0 Å². The van der Waals surface area contributed by atoms with E-state index in [1.54, 1.807) is 0 Å². The first-order valence-electron chi connectivity index (χ1n) is 12.2. The topological polar surface area (TPSA) is 61.4 Å². The van der Waals surface area contributed by atoms with E-state index in [1.165, 1.54) is 5.56 Å². The van der Waals surface area contributed by atoms with Gasteiger partial charge in [-0.15, -0.1) is 0 Å². The molecule has 0 atom stereocenters. The van der Waals surface area contributed by atoms with Crippen molar-refractivity contribution >= 4 is 29.1 Å². The Hall–Kier alpha value is -2.37. The molecule has 1 aliphatic heterocycles. The molecule has 6 heteroatoms. The van der Waals surface area contributed by atoms with Crippen molar-refractivity contribution in [3.8, 4) is 0 Å². The molecule has 4 rings (SSSR count). The predicted molar refractivity (Wildman–Crippen MR) is 134 cm³/mol. The predicted octanol–water partition coefficient (Wildman–Crippen LogP) is 5.11. The summed E-state index contributed by atoms with van der Waals surface area (Å²) in [7, 11) is 0. The first-order chi connectivity index (χ1) is 16.0. The van der Waals surface area contributed by atoms with Crippen LogP contribution >= 0.6 is 11.6 Å². The van der Waals surface area contributed by atoms with Gasteiger partial charge in [0.25, 0.3) is 0 Å². The average molecular weight is 468 g/mol. The number of piperidine rings is 1. The standard InChI is InChI=1S/C27H34ClN3O2/c1-2-25(32)30-24-6-3-5-21(19-24)20-11-17-31(18-12-20)16-4-15-29-26(33)27(13-14-27)22-7-9-23(28)10-8-22/h3,5-10,19-20H,2,4,11-18H2,1H3,(H,29,33)(H,30,32). The molecule has 176 valence electrons. The summed E-state index contributed by atoms with van der Waals surface area (Å²) in [4.78, 5) is 27.0. The van der Waals surface area contributed by atoms with E-state index < -0.39 is 0 Å². The molecule has 2 N–H and O–H groups in total. The van der Waals surface area contributed by atoms with Crippen LogP contribution in [0, 0.1) is 0 Å². The largest absolute Gasteiger partial charge is 0.355 e. The Morgan fingerprint density at radius 3 is 2.48 bits per heavy atom. The zero-order valence-electron chi connectivity index (χ0n) is 19.4. The lowest BCUT2D eigenvalue weighted by Gasteiger charge is -2.32. The van der Waals surface area contributed by atoms with Gasteiger partial charge in [0.05, 0.1) is 5.41 Å². The molecule has 1 saturated heterocycles. The fraction of sp³-hybridized carbons (Fsp3) is 0.481. The lowest BCUT2D eigenvalue weighted by Crippen LogP contribution is -2.38. The summed E-state index contributed by atoms with van der Waals surface area (Å²) >= 11 is 5.99. The maximum absolute atomic E-state index is 12.8. The molecular formula is C27H34ClN3O2. The second-order valence-corrected chi connectivity index (χ2v) is 9.78. The van der Waals surface area contributed by atoms with Crippen molar-refractivity contribution in [1.82, 2.24) is 10.2 Å². The third-order valence-corrected chi connectivity index (χ3v) is 7.32. The fourth-order valence-corrected chi connectivity index (χ4v) is 4.95. The van der Waals surface area contributed by atoms with Crippen molar-refractivity contribution in [1.29, 1.82) is 0 Å². The van der Waals surface area contributed by atoms with E-state index in [2.05, 4.69) is 27.7 Å². The van der Waals surface area contributed by atoms with Crippen LogP contribution in [0.25, 0.3) is 0 Å². The Labute approximate surface area is 201 Å². The van der Waals surface area contributed by atoms with Crippen LogP contribution in [0.1, 0.15) is 62.5 Å². The molecule has 33 heavy (non-hydrogen) atoms. The molecule has 2 aromatic carbocycles. The van der Waals surface area contributed by atoms with Gasteiger partial charge in [0.15, 0.2) is 0 Å². The van der Waals surface area contributed by atoms with E-state index in [4.69, 9.17) is 11.6 Å². The third-order valence-electron chi connectivity index (χ3n) is 7.07. The SMILES string of the molecule is CCC(=O)Nc1cccc(C2CCN(CCCNC(=O)C3(c4ccc(Cl)cc4)CC3)CC2)c1. The molecule has 2 amide bonds. The first kappa shape index (κ1) is 23.8. The molecule has 1 heterocycles. The highest BCUT2D eigenvalue weighted by Gasteiger charge is 2.50. The molecule has 2 aliphatic rings. The van der Waals surface area contributed by atoms with Gasteiger partial charge in [-0.3, -0.25) is 9.59 Å². The Morgan fingerprint density at radius 1 is 1.09 bits per heavy atom. The minimum absolute atomic E-state index is 0.0508. The number of anilines is 1. The Balaban J connectivity index is 1.18. The van der Waals surface area contributed by atoms with E-state index in [1.807, 2.05) is 43.3 Å². The van der Waals surface area contributed by atoms with Gasteiger partial charge in [-0.2, -0.15) is 0 Å². The third kappa shape index (κ3) is 5.96. The summed E-state index contributed by atoms with van der Waals surface area (Å²) in [6.45, 7) is 5.72. The van der Waals surface area contributed by atoms with Gasteiger partial charge in [-0.1, -0.05) is 42.8 Å². The second kappa shape index (κ2) is 10.7. The number of halogens is 1. The number of rotatable bonds is 9. The van der Waals surface area contributed by atoms with Crippen molar-refractivity contribution < 1.29 is 9.59 Å². The van der Waals surface area contributed by atoms with Crippen molar-refractivity contribution in [2.75, 3.05) is 31.5 Å². The number of nitrogens with zero attached hydrogens (tertiary/aromatic N) is 1. The summed E-state index contributed by atoms with van der Waals surface area (Å²) in [6.07, 6.45) is 5.53. The summed E-state index contributed by atoms with van der Waals surface area (Å²) in [6, 6.07) is 16.0. The van der Waals surface area contributed by atoms with Crippen LogP contribution in [0.15, 0.2) is 48.5 Å². The van der Waals surface area contributed by atoms with Gasteiger partial charge in [0.1, 0.15) is 0 Å². The van der Waals surface area contributed by atoms with E-state index >= 15 is 0 Å². The second-order valence-electron chi connectivity index (χ2n) is 9.34. The zero-order chi connectivity index (χ0) is 23.3. The molecule has 0 bridgehead atoms. The van der Waals surface area contributed by atoms with Gasteiger partial charge in [-0.25, -0.2) is 0 Å². The smallest absolute Gasteiger partial charge is 0.230 e. The van der Waals surface area contributed by atoms with Crippen LogP contribution in [0.2, 0.25) is 5.02 Å². The van der Waals surface area contributed by atoms with Gasteiger partial charge < -0.3 is 15.5 Å². The summed E-state index contributed by atoms with van der Waals surface area (Å²) in [5, 5.41) is 6.83. The maximum Gasteiger partial charge on any atom is 0.230 e. The van der Waals surface area contributed by atoms with Crippen LogP contribution in [0.4, 0.5) is 5.69 Å². The molecule has 2 aromatic rings. The van der Waals surface area contributed by atoms with Crippen molar-refractivity contribution in [2.45, 2.75) is 56.8 Å². The molecule has 2 fully saturated rings. The first-order valence-corrected chi connectivity index (χ1v) is 12.5. The normalized spacial score (nSPS) is 18.0. The number of nitrogens with one attached hydrogen (secondary N) is 2. The van der Waals surface area contributed by atoms with Crippen LogP contribution in [-0.4, -0.2) is 42.9 Å². The number of hydrogen-bond donors (Lipinski definition) is 2. The number of carbonyl (C=O) groups is 2. The van der Waals surface area contributed by atoms with Gasteiger partial charge in [0, 0.05) is 23.7 Å². The van der Waals surface area contributed by atoms with Gasteiger partial charge >= 0.3 is 0 Å². The molecule has 0 radical (unpaired) electrons. The summed E-state index contributed by atoms with van der Waals surface area (Å²) < 4.78 is 0. The Kier molecular flexibility index (Phi) is 7.71. The van der Waals surface area contributed by atoms with Crippen molar-refractivity contribution in [3.63, 3.8) is 0 Å². The molecular weight excluding hydrogens is 434 g/mol. The van der Waals surface area contributed by atoms with E-state index in [9.17, 15) is 9.59 Å². The van der Waals surface area contributed by atoms with Crippen LogP contribution in [0.3, 0.4) is 0 Å². The highest BCUT2D eigenvalue weighted by Crippen LogP contribution is 2.48. The maximum atomic E-state index is 12.8. The fourth-order valence-electron chi connectivity index (χ4n) is 4.82. The van der Waals surface area contributed by atoms with Crippen LogP contribution < -0.4 is 10.6 Å². The van der Waals surface area contributed by atoms with E-state index in [0.717, 1.165) is 63.0 Å². The minimum Gasteiger partial charge on any atom is -0.355 e. The highest BCUT2D eigenvalue weighted by molar-refractivity contribution is 6.30. The number of benzene rings is 2. The zero-order valence-corrected chi connectivity index (χ0v) is 20.2. The molecule has 1 saturated carbocycles. The van der Waals surface area contributed by atoms with Gasteiger partial charge in [-0.05, 0) is 93.0 Å². The summed E-state index contributed by atoms with van der Waals surface area (Å²) in [5.74, 6) is 0.738. The number of carbonyl (C=O) groups excluding carboxylic acids is 2. The van der Waals surface area contributed by atoms with Gasteiger partial charge in [0.2, 0.25) is 11.8 Å². The van der Waals surface area contributed by atoms with Crippen LogP contribution in [-0.2, 0) is 15.0 Å². The van der Waals surface area contributed by atoms with E-state index in [0.29, 0.717) is 23.9 Å². The quantitative estimate of drug-likeness (QED) is 0.504. The van der Waals surface area contributed by atoms with Crippen molar-refractivity contribution in [2.24, 2.45) is 0 Å². The Morgan fingerprint density at radius 2 is 1.82 bits per heavy atom. The molecule has 0 unspecified atom stereocenters. The lowest BCUT2D eigenvalue weighted by molar-refractivity contribution is -0.123. The van der Waals surface area contributed by atoms with Crippen molar-refractivity contribution in [3.05, 3.63) is 64.7 Å². The molecule has 1 aliphatic carbocycles.